The minimum absolute atomic E-state index is 0.0246. The molecule has 1 fully saturated rings. The van der Waals surface area contributed by atoms with E-state index in [1.807, 2.05) is 0 Å². The van der Waals surface area contributed by atoms with Crippen molar-refractivity contribution >= 4 is 17.5 Å². The zero-order chi connectivity index (χ0) is 13.1. The van der Waals surface area contributed by atoms with E-state index in [0.717, 1.165) is 11.3 Å². The summed E-state index contributed by atoms with van der Waals surface area (Å²) >= 11 is 0. The molecule has 18 heavy (non-hydrogen) atoms. The molecule has 3 N–H and O–H groups in total. The molecule has 98 valence electrons. The Kier molecular flexibility index (Phi) is 3.57. The van der Waals surface area contributed by atoms with Gasteiger partial charge < -0.3 is 20.3 Å². The number of amides is 1. The molecule has 1 aromatic rings. The molecule has 1 aromatic carbocycles. The first-order chi connectivity index (χ1) is 8.58. The Labute approximate surface area is 105 Å². The van der Waals surface area contributed by atoms with Crippen LogP contribution in [0.5, 0.6) is 5.75 Å². The van der Waals surface area contributed by atoms with Crippen molar-refractivity contribution in [3.05, 3.63) is 18.2 Å². The van der Waals surface area contributed by atoms with Crippen molar-refractivity contribution in [2.45, 2.75) is 12.5 Å². The summed E-state index contributed by atoms with van der Waals surface area (Å²) in [5.41, 5.74) is 6.56. The van der Waals surface area contributed by atoms with Crippen LogP contribution in [0.15, 0.2) is 18.2 Å². The molecule has 2 rings (SSSR count). The van der Waals surface area contributed by atoms with E-state index in [2.05, 4.69) is 0 Å². The maximum absolute atomic E-state index is 10.9. The van der Waals surface area contributed by atoms with E-state index < -0.39 is 6.09 Å². The number of carbonyl (C=O) groups is 1. The predicted octanol–water partition coefficient (Wildman–Crippen LogP) is 1.55. The van der Waals surface area contributed by atoms with Gasteiger partial charge in [-0.3, -0.25) is 4.90 Å². The summed E-state index contributed by atoms with van der Waals surface area (Å²) in [6.45, 7) is 1.26. The molecule has 0 spiro atoms. The van der Waals surface area contributed by atoms with Crippen LogP contribution >= 0.6 is 0 Å². The van der Waals surface area contributed by atoms with E-state index in [4.69, 9.17) is 20.3 Å². The predicted molar refractivity (Wildman–Crippen MR) is 67.1 cm³/mol. The average molecular weight is 252 g/mol. The Bertz CT molecular complexity index is 444. The van der Waals surface area contributed by atoms with Crippen LogP contribution in [0.4, 0.5) is 16.2 Å². The van der Waals surface area contributed by atoms with Crippen molar-refractivity contribution in [2.24, 2.45) is 0 Å². The van der Waals surface area contributed by atoms with Gasteiger partial charge in [0.1, 0.15) is 11.9 Å². The fourth-order valence-electron chi connectivity index (χ4n) is 1.79. The van der Waals surface area contributed by atoms with Gasteiger partial charge in [0, 0.05) is 19.5 Å². The number of nitrogens with two attached hydrogens (primary N) is 1. The third-order valence-corrected chi connectivity index (χ3v) is 2.84. The van der Waals surface area contributed by atoms with E-state index in [1.165, 1.54) is 7.05 Å². The second-order valence-corrected chi connectivity index (χ2v) is 4.17. The highest BCUT2D eigenvalue weighted by Gasteiger charge is 2.18. The number of hydrogen-bond donors (Lipinski definition) is 2. The van der Waals surface area contributed by atoms with Gasteiger partial charge in [-0.25, -0.2) is 4.79 Å². The molecule has 6 heteroatoms. The molecule has 1 heterocycles. The molecule has 1 amide bonds. The van der Waals surface area contributed by atoms with Gasteiger partial charge >= 0.3 is 6.09 Å². The molecule has 1 saturated heterocycles. The van der Waals surface area contributed by atoms with Gasteiger partial charge in [-0.1, -0.05) is 0 Å². The van der Waals surface area contributed by atoms with Crippen molar-refractivity contribution < 1.29 is 19.4 Å². The highest BCUT2D eigenvalue weighted by molar-refractivity contribution is 5.90. The van der Waals surface area contributed by atoms with Crippen molar-refractivity contribution in [3.8, 4) is 5.75 Å². The fraction of sp³-hybridized carbons (Fsp3) is 0.417. The van der Waals surface area contributed by atoms with Crippen LogP contribution in [-0.4, -0.2) is 37.6 Å². The SMILES string of the molecule is CN(C(=O)O)c1cc(OC2CCOC2)ccc1N. The lowest BCUT2D eigenvalue weighted by atomic mass is 10.2. The molecule has 0 aliphatic carbocycles. The van der Waals surface area contributed by atoms with Crippen molar-refractivity contribution in [1.82, 2.24) is 0 Å². The number of carboxylic acid groups (broad SMARTS) is 1. The van der Waals surface area contributed by atoms with Crippen LogP contribution in [0, 0.1) is 0 Å². The van der Waals surface area contributed by atoms with Crippen LogP contribution in [0.25, 0.3) is 0 Å². The summed E-state index contributed by atoms with van der Waals surface area (Å²) in [6, 6.07) is 4.99. The molecule has 6 nitrogen and oxygen atoms in total. The summed E-state index contributed by atoms with van der Waals surface area (Å²) in [6.07, 6.45) is -0.200. The number of ether oxygens (including phenoxy) is 2. The number of nitrogen functional groups attached to an aromatic ring is 1. The second kappa shape index (κ2) is 5.14. The van der Waals surface area contributed by atoms with Gasteiger partial charge in [-0.05, 0) is 12.1 Å². The molecule has 0 radical (unpaired) electrons. The average Bonchev–Trinajstić information content (AvgIpc) is 2.83. The fourth-order valence-corrected chi connectivity index (χ4v) is 1.79. The van der Waals surface area contributed by atoms with Crippen molar-refractivity contribution in [3.63, 3.8) is 0 Å². The molecular weight excluding hydrogens is 236 g/mol. The quantitative estimate of drug-likeness (QED) is 0.797. The topological polar surface area (TPSA) is 85.0 Å². The number of hydrogen-bond acceptors (Lipinski definition) is 4. The lowest BCUT2D eigenvalue weighted by molar-refractivity contribution is 0.141. The highest BCUT2D eigenvalue weighted by atomic mass is 16.5. The summed E-state index contributed by atoms with van der Waals surface area (Å²) in [4.78, 5) is 12.0. The number of nitrogens with zero attached hydrogens (tertiary/aromatic N) is 1. The largest absolute Gasteiger partial charge is 0.488 e. The Morgan fingerprint density at radius 2 is 2.39 bits per heavy atom. The van der Waals surface area contributed by atoms with Gasteiger partial charge in [0.2, 0.25) is 0 Å². The summed E-state index contributed by atoms with van der Waals surface area (Å²) < 4.78 is 10.9. The van der Waals surface area contributed by atoms with Gasteiger partial charge in [-0.2, -0.15) is 0 Å². The van der Waals surface area contributed by atoms with E-state index >= 15 is 0 Å². The van der Waals surface area contributed by atoms with Crippen LogP contribution in [-0.2, 0) is 4.74 Å². The Morgan fingerprint density at radius 3 is 3.00 bits per heavy atom. The number of benzene rings is 1. The third kappa shape index (κ3) is 2.65. The monoisotopic (exact) mass is 252 g/mol. The van der Waals surface area contributed by atoms with Gasteiger partial charge in [0.15, 0.2) is 0 Å². The van der Waals surface area contributed by atoms with Crippen molar-refractivity contribution in [2.75, 3.05) is 30.9 Å². The van der Waals surface area contributed by atoms with Crippen molar-refractivity contribution in [1.29, 1.82) is 0 Å². The summed E-state index contributed by atoms with van der Waals surface area (Å²) in [5.74, 6) is 0.600. The standard InChI is InChI=1S/C12H16N2O4/c1-14(12(15)16)11-6-8(2-3-10(11)13)18-9-4-5-17-7-9/h2-3,6,9H,4-5,7,13H2,1H3,(H,15,16). The van der Waals surface area contributed by atoms with E-state index in [-0.39, 0.29) is 6.10 Å². The number of rotatable bonds is 3. The van der Waals surface area contributed by atoms with Crippen LogP contribution in [0.3, 0.4) is 0 Å². The molecule has 1 aliphatic rings. The molecule has 0 saturated carbocycles. The molecule has 0 aromatic heterocycles. The molecular formula is C12H16N2O4. The summed E-state index contributed by atoms with van der Waals surface area (Å²) in [5, 5.41) is 8.94. The van der Waals surface area contributed by atoms with E-state index in [0.29, 0.717) is 30.3 Å². The maximum Gasteiger partial charge on any atom is 0.411 e. The first-order valence-corrected chi connectivity index (χ1v) is 5.68. The zero-order valence-corrected chi connectivity index (χ0v) is 10.1. The number of anilines is 2. The highest BCUT2D eigenvalue weighted by Crippen LogP contribution is 2.28. The summed E-state index contributed by atoms with van der Waals surface area (Å²) in [7, 11) is 1.44. The molecule has 1 aliphatic heterocycles. The molecule has 1 atom stereocenters. The lowest BCUT2D eigenvalue weighted by Gasteiger charge is -2.18. The lowest BCUT2D eigenvalue weighted by Crippen LogP contribution is -2.25. The van der Waals surface area contributed by atoms with Gasteiger partial charge in [0.05, 0.1) is 24.6 Å². The Balaban J connectivity index is 2.17. The van der Waals surface area contributed by atoms with Gasteiger partial charge in [0.25, 0.3) is 0 Å². The first kappa shape index (κ1) is 12.5. The third-order valence-electron chi connectivity index (χ3n) is 2.84. The van der Waals surface area contributed by atoms with Crippen LogP contribution in [0.1, 0.15) is 6.42 Å². The van der Waals surface area contributed by atoms with E-state index in [9.17, 15) is 4.79 Å². The zero-order valence-electron chi connectivity index (χ0n) is 10.1. The minimum Gasteiger partial charge on any atom is -0.488 e. The van der Waals surface area contributed by atoms with Crippen LogP contribution < -0.4 is 15.4 Å². The maximum atomic E-state index is 10.9. The smallest absolute Gasteiger partial charge is 0.411 e. The van der Waals surface area contributed by atoms with Gasteiger partial charge in [-0.15, -0.1) is 0 Å². The Morgan fingerprint density at radius 1 is 1.61 bits per heavy atom. The molecule has 0 bridgehead atoms. The second-order valence-electron chi connectivity index (χ2n) is 4.17. The Hall–Kier alpha value is -1.95. The van der Waals surface area contributed by atoms with E-state index in [1.54, 1.807) is 18.2 Å². The van der Waals surface area contributed by atoms with Crippen LogP contribution in [0.2, 0.25) is 0 Å². The minimum atomic E-state index is -1.07. The molecule has 1 unspecified atom stereocenters. The normalized spacial score (nSPS) is 18.6. The first-order valence-electron chi connectivity index (χ1n) is 5.68.